The van der Waals surface area contributed by atoms with Crippen LogP contribution in [-0.4, -0.2) is 40.3 Å². The van der Waals surface area contributed by atoms with Gasteiger partial charge in [0, 0.05) is 28.8 Å². The van der Waals surface area contributed by atoms with Crippen LogP contribution in [0.2, 0.25) is 0 Å². The molecule has 0 saturated carbocycles. The lowest BCUT2D eigenvalue weighted by Crippen LogP contribution is -2.26. The van der Waals surface area contributed by atoms with Crippen LogP contribution in [0.3, 0.4) is 0 Å². The van der Waals surface area contributed by atoms with Gasteiger partial charge in [-0.2, -0.15) is 0 Å². The van der Waals surface area contributed by atoms with Crippen molar-refractivity contribution in [3.8, 4) is 0 Å². The number of fused-ring (bicyclic) bond motifs is 1. The highest BCUT2D eigenvalue weighted by Gasteiger charge is 2.34. The number of esters is 1. The number of aliphatic imine (C=N–C) groups is 1. The zero-order valence-corrected chi connectivity index (χ0v) is 14.3. The lowest BCUT2D eigenvalue weighted by molar-refractivity contribution is -0.383. The van der Waals surface area contributed by atoms with Gasteiger partial charge in [-0.05, 0) is 17.7 Å². The fourth-order valence-corrected chi connectivity index (χ4v) is 3.76. The van der Waals surface area contributed by atoms with Gasteiger partial charge in [0.2, 0.25) is 0 Å². The summed E-state index contributed by atoms with van der Waals surface area (Å²) in [4.78, 5) is 30.4. The summed E-state index contributed by atoms with van der Waals surface area (Å²) in [6.07, 6.45) is 0. The Kier molecular flexibility index (Phi) is 4.77. The number of alkyl halides is 1. The van der Waals surface area contributed by atoms with Gasteiger partial charge in [-0.25, -0.2) is 0 Å². The molecule has 2 atom stereocenters. The molecule has 1 N–H and O–H groups in total. The Labute approximate surface area is 146 Å². The first-order chi connectivity index (χ1) is 11.5. The summed E-state index contributed by atoms with van der Waals surface area (Å²) in [6.45, 7) is 0. The van der Waals surface area contributed by atoms with Crippen molar-refractivity contribution in [1.82, 2.24) is 4.98 Å². The number of ether oxygens (including phenoxy) is 1. The number of hydrogen-bond acceptors (Lipinski definition) is 6. The van der Waals surface area contributed by atoms with Gasteiger partial charge in [-0.15, -0.1) is 23.4 Å². The molecule has 7 nitrogen and oxygen atoms in total. The maximum atomic E-state index is 12.2. The number of carbonyl (C=O) groups excluding carboxylic acids is 1. The van der Waals surface area contributed by atoms with Crippen molar-refractivity contribution in [3.63, 3.8) is 0 Å². The minimum atomic E-state index is -0.632. The smallest absolute Gasteiger partial charge is 0.316 e. The number of rotatable bonds is 5. The van der Waals surface area contributed by atoms with E-state index < -0.39 is 16.8 Å². The molecule has 126 valence electrons. The van der Waals surface area contributed by atoms with E-state index in [1.807, 2.05) is 0 Å². The quantitative estimate of drug-likeness (QED) is 0.378. The predicted molar refractivity (Wildman–Crippen MR) is 94.0 cm³/mol. The van der Waals surface area contributed by atoms with Gasteiger partial charge >= 0.3 is 5.97 Å². The van der Waals surface area contributed by atoms with Crippen molar-refractivity contribution < 1.29 is 14.5 Å². The number of carbonyl (C=O) groups is 1. The minimum Gasteiger partial charge on any atom is -0.468 e. The molecule has 1 aliphatic rings. The van der Waals surface area contributed by atoms with Crippen molar-refractivity contribution >= 4 is 51.5 Å². The number of thioether (sulfide) groups is 1. The van der Waals surface area contributed by atoms with Gasteiger partial charge in [-0.1, -0.05) is 0 Å². The Morgan fingerprint density at radius 2 is 2.38 bits per heavy atom. The number of aromatic nitrogens is 1. The van der Waals surface area contributed by atoms with Gasteiger partial charge in [0.25, 0.3) is 5.69 Å². The number of nitro benzene ring substituents is 1. The van der Waals surface area contributed by atoms with E-state index in [1.54, 1.807) is 17.7 Å². The average molecular weight is 368 g/mol. The molecule has 9 heteroatoms. The first-order valence-corrected chi connectivity index (χ1v) is 8.70. The molecule has 0 amide bonds. The Bertz CT molecular complexity index is 835. The molecule has 1 aliphatic heterocycles. The van der Waals surface area contributed by atoms with Gasteiger partial charge in [0.05, 0.1) is 23.6 Å². The Morgan fingerprint density at radius 1 is 1.58 bits per heavy atom. The summed E-state index contributed by atoms with van der Waals surface area (Å²) < 4.78 is 4.90. The Hall–Kier alpha value is -2.06. The largest absolute Gasteiger partial charge is 0.468 e. The topological polar surface area (TPSA) is 97.6 Å². The lowest BCUT2D eigenvalue weighted by atomic mass is 9.98. The second kappa shape index (κ2) is 6.82. The van der Waals surface area contributed by atoms with E-state index in [1.165, 1.54) is 24.9 Å². The molecule has 24 heavy (non-hydrogen) atoms. The fourth-order valence-electron chi connectivity index (χ4n) is 2.80. The average Bonchev–Trinajstić information content (AvgIpc) is 3.23. The molecule has 0 spiro atoms. The number of aromatic amines is 1. The number of nitrogens with one attached hydrogen (secondary N) is 1. The van der Waals surface area contributed by atoms with Gasteiger partial charge in [-0.3, -0.25) is 19.9 Å². The summed E-state index contributed by atoms with van der Waals surface area (Å²) in [5.74, 6) is -0.232. The molecular formula is C15H14ClN3O4S. The van der Waals surface area contributed by atoms with Crippen LogP contribution in [0.5, 0.6) is 0 Å². The summed E-state index contributed by atoms with van der Waals surface area (Å²) in [5, 5.41) is 12.0. The van der Waals surface area contributed by atoms with Crippen LogP contribution in [-0.2, 0) is 15.4 Å². The molecule has 1 aromatic carbocycles. The van der Waals surface area contributed by atoms with Crippen LogP contribution in [0.4, 0.5) is 5.69 Å². The number of methoxy groups -OCH3 is 1. The molecule has 0 radical (unpaired) electrons. The van der Waals surface area contributed by atoms with Gasteiger partial charge in [0.1, 0.15) is 11.4 Å². The third-order valence-electron chi connectivity index (χ3n) is 3.91. The second-order valence-corrected chi connectivity index (χ2v) is 6.50. The number of hydrogen-bond donors (Lipinski definition) is 1. The summed E-state index contributed by atoms with van der Waals surface area (Å²) in [5.41, 5.74) is 3.20. The highest BCUT2D eigenvalue weighted by molar-refractivity contribution is 8.12. The number of nitro groups is 1. The van der Waals surface area contributed by atoms with Crippen LogP contribution >= 0.6 is 23.4 Å². The van der Waals surface area contributed by atoms with Crippen molar-refractivity contribution in [1.29, 1.82) is 0 Å². The number of non-ortho nitro benzene ring substituents is 1. The van der Waals surface area contributed by atoms with Gasteiger partial charge in [0.15, 0.2) is 0 Å². The number of nitrogens with zero attached hydrogens (tertiary/aromatic N) is 2. The number of H-pyrrole nitrogens is 1. The number of benzene rings is 1. The van der Waals surface area contributed by atoms with Gasteiger partial charge < -0.3 is 9.72 Å². The van der Waals surface area contributed by atoms with Crippen LogP contribution in [0, 0.1) is 10.1 Å². The lowest BCUT2D eigenvalue weighted by Gasteiger charge is -2.17. The monoisotopic (exact) mass is 367 g/mol. The summed E-state index contributed by atoms with van der Waals surface area (Å²) >= 11 is 7.34. The fraction of sp³-hybridized carbons (Fsp3) is 0.333. The molecule has 1 aromatic heterocycles. The van der Waals surface area contributed by atoms with E-state index in [2.05, 4.69) is 9.98 Å². The maximum absolute atomic E-state index is 12.2. The first-order valence-electron chi connectivity index (χ1n) is 7.12. The second-order valence-electron chi connectivity index (χ2n) is 5.35. The van der Waals surface area contributed by atoms with E-state index in [0.29, 0.717) is 27.9 Å². The molecule has 2 aromatic rings. The van der Waals surface area contributed by atoms with Crippen LogP contribution in [0.1, 0.15) is 17.2 Å². The summed E-state index contributed by atoms with van der Waals surface area (Å²) in [6, 6.07) is 4.68. The first kappa shape index (κ1) is 16.8. The van der Waals surface area contributed by atoms with E-state index in [4.69, 9.17) is 16.3 Å². The highest BCUT2D eigenvalue weighted by Crippen LogP contribution is 2.34. The zero-order chi connectivity index (χ0) is 17.3. The Balaban J connectivity index is 2.14. The summed E-state index contributed by atoms with van der Waals surface area (Å²) in [7, 11) is 1.32. The van der Waals surface area contributed by atoms with Crippen LogP contribution in [0.25, 0.3) is 10.9 Å². The predicted octanol–water partition coefficient (Wildman–Crippen LogP) is 3.22. The van der Waals surface area contributed by atoms with E-state index in [-0.39, 0.29) is 17.6 Å². The van der Waals surface area contributed by atoms with Crippen molar-refractivity contribution in [3.05, 3.63) is 39.6 Å². The molecule has 0 fully saturated rings. The van der Waals surface area contributed by atoms with Crippen LogP contribution in [0.15, 0.2) is 23.2 Å². The van der Waals surface area contributed by atoms with Crippen molar-refractivity contribution in [2.75, 3.05) is 12.9 Å². The molecule has 2 heterocycles. The molecule has 0 bridgehead atoms. The number of halogens is 1. The van der Waals surface area contributed by atoms with Crippen LogP contribution < -0.4 is 0 Å². The third-order valence-corrected chi connectivity index (χ3v) is 5.02. The molecule has 1 unspecified atom stereocenters. The third kappa shape index (κ3) is 2.99. The van der Waals surface area contributed by atoms with Crippen molar-refractivity contribution in [2.24, 2.45) is 4.99 Å². The maximum Gasteiger partial charge on any atom is 0.316 e. The van der Waals surface area contributed by atoms with E-state index in [9.17, 15) is 14.9 Å². The van der Waals surface area contributed by atoms with Crippen molar-refractivity contribution in [2.45, 2.75) is 17.8 Å². The SMILES string of the molecule is COC(=O)[C@@H](c1cc2cc(CCl)cc([N+](=O)[O-])c2[nH]1)C1CSC=N1. The Morgan fingerprint density at radius 3 is 2.96 bits per heavy atom. The molecular weight excluding hydrogens is 354 g/mol. The normalized spacial score (nSPS) is 18.0. The minimum absolute atomic E-state index is 0.0673. The standard InChI is InChI=1S/C15H14ClN3O4S/c1-23-15(20)13(11-6-24-7-17-11)10-4-9-2-8(5-16)3-12(19(21)22)14(9)18-10/h2-4,7,11,13,18H,5-6H2,1H3/t11?,13-/m0/s1. The zero-order valence-electron chi connectivity index (χ0n) is 12.7. The molecule has 3 rings (SSSR count). The van der Waals surface area contributed by atoms with E-state index >= 15 is 0 Å². The molecule has 0 aliphatic carbocycles. The molecule has 0 saturated heterocycles. The highest BCUT2D eigenvalue weighted by atomic mass is 35.5. The van der Waals surface area contributed by atoms with E-state index in [0.717, 1.165) is 0 Å².